The molecule has 1 aliphatic heterocycles. The zero-order valence-corrected chi connectivity index (χ0v) is 11.0. The van der Waals surface area contributed by atoms with Gasteiger partial charge in [-0.3, -0.25) is 20.2 Å². The molecule has 2 N–H and O–H groups in total. The fourth-order valence-electron chi connectivity index (χ4n) is 1.73. The van der Waals surface area contributed by atoms with E-state index >= 15 is 0 Å². The minimum Gasteiger partial charge on any atom is -0.299 e. The van der Waals surface area contributed by atoms with Crippen molar-refractivity contribution in [3.8, 4) is 0 Å². The molecule has 1 unspecified atom stereocenters. The molecule has 0 aromatic heterocycles. The van der Waals surface area contributed by atoms with Gasteiger partial charge >= 0.3 is 0 Å². The number of carbonyl (C=O) groups is 2. The van der Waals surface area contributed by atoms with Gasteiger partial charge in [0.05, 0.1) is 0 Å². The van der Waals surface area contributed by atoms with Crippen molar-refractivity contribution in [1.29, 1.82) is 0 Å². The van der Waals surface area contributed by atoms with Crippen molar-refractivity contribution in [2.45, 2.75) is 39.5 Å². The first kappa shape index (κ1) is 13.8. The molecule has 1 aliphatic rings. The van der Waals surface area contributed by atoms with Crippen LogP contribution in [0.15, 0.2) is 11.6 Å². The molecule has 0 bridgehead atoms. The highest BCUT2D eigenvalue weighted by atomic mass is 32.1. The lowest BCUT2D eigenvalue weighted by molar-refractivity contribution is -0.123. The third-order valence-corrected chi connectivity index (χ3v) is 3.00. The highest BCUT2D eigenvalue weighted by Gasteiger charge is 2.26. The van der Waals surface area contributed by atoms with Crippen molar-refractivity contribution in [2.75, 3.05) is 0 Å². The van der Waals surface area contributed by atoms with Crippen LogP contribution in [0, 0.1) is 5.92 Å². The SMILES string of the molecule is CCCCC(C=C1C(=O)NC(=S)NC1=O)CC. The Bertz CT molecular complexity index is 342. The molecule has 0 aliphatic carbocycles. The molecule has 94 valence electrons. The summed E-state index contributed by atoms with van der Waals surface area (Å²) in [6, 6.07) is 0. The first-order chi connectivity index (χ1) is 8.08. The molecule has 17 heavy (non-hydrogen) atoms. The summed E-state index contributed by atoms with van der Waals surface area (Å²) < 4.78 is 0. The van der Waals surface area contributed by atoms with Gasteiger partial charge in [-0.05, 0) is 31.0 Å². The van der Waals surface area contributed by atoms with Gasteiger partial charge in [0, 0.05) is 0 Å². The maximum absolute atomic E-state index is 11.6. The average molecular weight is 254 g/mol. The topological polar surface area (TPSA) is 58.2 Å². The van der Waals surface area contributed by atoms with Gasteiger partial charge in [-0.15, -0.1) is 0 Å². The van der Waals surface area contributed by atoms with Crippen molar-refractivity contribution in [3.05, 3.63) is 11.6 Å². The van der Waals surface area contributed by atoms with Gasteiger partial charge in [-0.1, -0.05) is 32.8 Å². The monoisotopic (exact) mass is 254 g/mol. The van der Waals surface area contributed by atoms with E-state index in [1.165, 1.54) is 0 Å². The number of thiocarbonyl (C=S) groups is 1. The Morgan fingerprint density at radius 3 is 2.29 bits per heavy atom. The zero-order chi connectivity index (χ0) is 12.8. The van der Waals surface area contributed by atoms with Crippen molar-refractivity contribution in [2.24, 2.45) is 5.92 Å². The van der Waals surface area contributed by atoms with Gasteiger partial charge < -0.3 is 0 Å². The van der Waals surface area contributed by atoms with Crippen molar-refractivity contribution in [1.82, 2.24) is 10.6 Å². The molecule has 0 aromatic carbocycles. The molecular formula is C12H18N2O2S. The Labute approximate surface area is 107 Å². The van der Waals surface area contributed by atoms with Crippen molar-refractivity contribution < 1.29 is 9.59 Å². The van der Waals surface area contributed by atoms with Gasteiger partial charge in [-0.25, -0.2) is 0 Å². The van der Waals surface area contributed by atoms with Crippen LogP contribution >= 0.6 is 12.2 Å². The van der Waals surface area contributed by atoms with E-state index in [0.717, 1.165) is 25.7 Å². The second-order valence-corrected chi connectivity index (χ2v) is 4.54. The second-order valence-electron chi connectivity index (χ2n) is 4.13. The predicted molar refractivity (Wildman–Crippen MR) is 70.3 cm³/mol. The van der Waals surface area contributed by atoms with Gasteiger partial charge in [-0.2, -0.15) is 0 Å². The minimum absolute atomic E-state index is 0.0822. The number of amides is 2. The molecule has 1 heterocycles. The van der Waals surface area contributed by atoms with Crippen LogP contribution in [0.1, 0.15) is 39.5 Å². The van der Waals surface area contributed by atoms with Gasteiger partial charge in [0.2, 0.25) is 0 Å². The number of unbranched alkanes of at least 4 members (excludes halogenated alkanes) is 1. The number of carbonyl (C=O) groups excluding carboxylic acids is 2. The fourth-order valence-corrected chi connectivity index (χ4v) is 1.92. The van der Waals surface area contributed by atoms with E-state index < -0.39 is 11.8 Å². The van der Waals surface area contributed by atoms with Gasteiger partial charge in [0.15, 0.2) is 5.11 Å². The molecule has 5 heteroatoms. The van der Waals surface area contributed by atoms with Crippen LogP contribution in [0.25, 0.3) is 0 Å². The van der Waals surface area contributed by atoms with Gasteiger partial charge in [0.25, 0.3) is 11.8 Å². The minimum atomic E-state index is -0.395. The third kappa shape index (κ3) is 3.93. The lowest BCUT2D eigenvalue weighted by Crippen LogP contribution is -2.51. The van der Waals surface area contributed by atoms with E-state index in [1.807, 2.05) is 0 Å². The third-order valence-electron chi connectivity index (χ3n) is 2.80. The number of allylic oxidation sites excluding steroid dienone is 1. The van der Waals surface area contributed by atoms with E-state index in [9.17, 15) is 9.59 Å². The highest BCUT2D eigenvalue weighted by Crippen LogP contribution is 2.17. The number of nitrogens with one attached hydrogen (secondary N) is 2. The van der Waals surface area contributed by atoms with Crippen molar-refractivity contribution >= 4 is 29.1 Å². The smallest absolute Gasteiger partial charge is 0.262 e. The molecule has 0 aromatic rings. The maximum Gasteiger partial charge on any atom is 0.262 e. The summed E-state index contributed by atoms with van der Waals surface area (Å²) in [4.78, 5) is 23.2. The molecule has 1 atom stereocenters. The lowest BCUT2D eigenvalue weighted by Gasteiger charge is -2.18. The van der Waals surface area contributed by atoms with E-state index in [2.05, 4.69) is 24.5 Å². The fraction of sp³-hybridized carbons (Fsp3) is 0.583. The molecular weight excluding hydrogens is 236 g/mol. The zero-order valence-electron chi connectivity index (χ0n) is 10.2. The lowest BCUT2D eigenvalue weighted by atomic mass is 9.95. The molecule has 1 saturated heterocycles. The van der Waals surface area contributed by atoms with Crippen LogP contribution < -0.4 is 10.6 Å². The molecule has 0 spiro atoms. The Hall–Kier alpha value is -1.23. The van der Waals surface area contributed by atoms with E-state index in [4.69, 9.17) is 12.2 Å². The molecule has 1 rings (SSSR count). The van der Waals surface area contributed by atoms with Crippen molar-refractivity contribution in [3.63, 3.8) is 0 Å². The summed E-state index contributed by atoms with van der Waals surface area (Å²) in [5.74, 6) is -0.518. The van der Waals surface area contributed by atoms with E-state index in [1.54, 1.807) is 6.08 Å². The number of hydrogen-bond donors (Lipinski definition) is 2. The van der Waals surface area contributed by atoms with Crippen LogP contribution in [0.3, 0.4) is 0 Å². The Morgan fingerprint density at radius 2 is 1.82 bits per heavy atom. The maximum atomic E-state index is 11.6. The normalized spacial score (nSPS) is 17.5. The Kier molecular flexibility index (Phi) is 5.28. The molecule has 0 radical (unpaired) electrons. The van der Waals surface area contributed by atoms with Crippen LogP contribution in [-0.2, 0) is 9.59 Å². The van der Waals surface area contributed by atoms with Crippen LogP contribution in [0.2, 0.25) is 0 Å². The summed E-state index contributed by atoms with van der Waals surface area (Å²) in [5, 5.41) is 4.96. The summed E-state index contributed by atoms with van der Waals surface area (Å²) >= 11 is 4.73. The molecule has 4 nitrogen and oxygen atoms in total. The summed E-state index contributed by atoms with van der Waals surface area (Å²) in [6.07, 6.45) is 5.91. The predicted octanol–water partition coefficient (Wildman–Crippen LogP) is 1.66. The van der Waals surface area contributed by atoms with Crippen LogP contribution in [-0.4, -0.2) is 16.9 Å². The quantitative estimate of drug-likeness (QED) is 0.445. The summed E-state index contributed by atoms with van der Waals surface area (Å²) in [7, 11) is 0. The molecule has 0 saturated carbocycles. The summed E-state index contributed by atoms with van der Waals surface area (Å²) in [5.41, 5.74) is 0.182. The average Bonchev–Trinajstić information content (AvgIpc) is 2.27. The van der Waals surface area contributed by atoms with Crippen LogP contribution in [0.5, 0.6) is 0 Å². The molecule has 2 amide bonds. The standard InChI is InChI=1S/C12H18N2O2S/c1-3-5-6-8(4-2)7-9-10(15)13-12(17)14-11(9)16/h7-8H,3-6H2,1-2H3,(H2,13,14,15,16,17). The second kappa shape index (κ2) is 6.49. The largest absolute Gasteiger partial charge is 0.299 e. The molecule has 1 fully saturated rings. The Morgan fingerprint density at radius 1 is 1.24 bits per heavy atom. The number of rotatable bonds is 5. The van der Waals surface area contributed by atoms with Gasteiger partial charge in [0.1, 0.15) is 5.57 Å². The highest BCUT2D eigenvalue weighted by molar-refractivity contribution is 7.80. The van der Waals surface area contributed by atoms with E-state index in [-0.39, 0.29) is 16.6 Å². The summed E-state index contributed by atoms with van der Waals surface area (Å²) in [6.45, 7) is 4.18. The van der Waals surface area contributed by atoms with Crippen LogP contribution in [0.4, 0.5) is 0 Å². The first-order valence-corrected chi connectivity index (χ1v) is 6.37. The Balaban J connectivity index is 2.77. The van der Waals surface area contributed by atoms with E-state index in [0.29, 0.717) is 0 Å². The first-order valence-electron chi connectivity index (χ1n) is 5.97. The number of hydrogen-bond acceptors (Lipinski definition) is 3.